The Morgan fingerprint density at radius 2 is 1.83 bits per heavy atom. The van der Waals surface area contributed by atoms with Gasteiger partial charge in [0, 0.05) is 12.4 Å². The summed E-state index contributed by atoms with van der Waals surface area (Å²) in [6, 6.07) is 8.46. The van der Waals surface area contributed by atoms with Crippen LogP contribution in [0.3, 0.4) is 0 Å². The van der Waals surface area contributed by atoms with Crippen LogP contribution >= 0.6 is 0 Å². The Morgan fingerprint density at radius 3 is 2.44 bits per heavy atom. The van der Waals surface area contributed by atoms with Crippen LogP contribution in [0.25, 0.3) is 0 Å². The molecule has 92 valence electrons. The van der Waals surface area contributed by atoms with Crippen LogP contribution in [-0.4, -0.2) is 15.9 Å². The average Bonchev–Trinajstić information content (AvgIpc) is 2.40. The van der Waals surface area contributed by atoms with Gasteiger partial charge in [0.1, 0.15) is 6.04 Å². The zero-order valence-corrected chi connectivity index (χ0v) is 10.00. The topological polar surface area (TPSA) is 80.9 Å². The molecule has 2 rings (SSSR count). The van der Waals surface area contributed by atoms with Crippen molar-refractivity contribution in [3.05, 3.63) is 53.9 Å². The number of benzene rings is 1. The second-order valence-electron chi connectivity index (χ2n) is 3.95. The highest BCUT2D eigenvalue weighted by Gasteiger charge is 2.16. The minimum Gasteiger partial charge on any atom is -0.316 e. The third-order valence-corrected chi connectivity index (χ3v) is 2.52. The van der Waals surface area contributed by atoms with E-state index < -0.39 is 6.04 Å². The molecule has 1 amide bonds. The summed E-state index contributed by atoms with van der Waals surface area (Å²) in [5, 5.41) is 2.57. The van der Waals surface area contributed by atoms with Crippen molar-refractivity contribution in [2.75, 3.05) is 5.32 Å². The molecular formula is C13H14N4O. The molecule has 0 aliphatic rings. The molecule has 0 spiro atoms. The largest absolute Gasteiger partial charge is 0.316 e. The van der Waals surface area contributed by atoms with Gasteiger partial charge in [-0.1, -0.05) is 29.8 Å². The number of aryl methyl sites for hydroxylation is 1. The number of aromatic nitrogens is 2. The summed E-state index contributed by atoms with van der Waals surface area (Å²) < 4.78 is 0. The number of carbonyl (C=O) groups is 1. The number of anilines is 1. The molecule has 1 atom stereocenters. The van der Waals surface area contributed by atoms with Crippen molar-refractivity contribution in [3.63, 3.8) is 0 Å². The van der Waals surface area contributed by atoms with Crippen molar-refractivity contribution in [2.24, 2.45) is 5.73 Å². The number of nitrogens with one attached hydrogen (secondary N) is 1. The summed E-state index contributed by atoms with van der Waals surface area (Å²) in [7, 11) is 0. The van der Waals surface area contributed by atoms with Gasteiger partial charge < -0.3 is 5.73 Å². The molecule has 1 aromatic carbocycles. The molecule has 5 nitrogen and oxygen atoms in total. The Balaban J connectivity index is 2.07. The highest BCUT2D eigenvalue weighted by atomic mass is 16.2. The van der Waals surface area contributed by atoms with Gasteiger partial charge in [-0.15, -0.1) is 0 Å². The Hall–Kier alpha value is -2.27. The van der Waals surface area contributed by atoms with Crippen LogP contribution in [0.4, 0.5) is 5.95 Å². The van der Waals surface area contributed by atoms with Crippen LogP contribution in [0.2, 0.25) is 0 Å². The van der Waals surface area contributed by atoms with Crippen LogP contribution in [0.1, 0.15) is 17.2 Å². The zero-order valence-electron chi connectivity index (χ0n) is 10.00. The summed E-state index contributed by atoms with van der Waals surface area (Å²) in [6.07, 6.45) is 3.11. The molecule has 0 saturated carbocycles. The first-order valence-electron chi connectivity index (χ1n) is 5.57. The second-order valence-corrected chi connectivity index (χ2v) is 3.95. The summed E-state index contributed by atoms with van der Waals surface area (Å²) in [4.78, 5) is 19.7. The van der Waals surface area contributed by atoms with E-state index >= 15 is 0 Å². The monoisotopic (exact) mass is 242 g/mol. The summed E-state index contributed by atoms with van der Waals surface area (Å²) in [6.45, 7) is 1.98. The van der Waals surface area contributed by atoms with E-state index in [2.05, 4.69) is 15.3 Å². The highest BCUT2D eigenvalue weighted by molar-refractivity contribution is 5.93. The van der Waals surface area contributed by atoms with Crippen LogP contribution in [0.15, 0.2) is 42.7 Å². The first-order chi connectivity index (χ1) is 8.66. The van der Waals surface area contributed by atoms with Gasteiger partial charge in [-0.05, 0) is 18.6 Å². The van der Waals surface area contributed by atoms with Crippen molar-refractivity contribution in [3.8, 4) is 0 Å². The third kappa shape index (κ3) is 2.89. The molecule has 5 heteroatoms. The second kappa shape index (κ2) is 5.37. The third-order valence-electron chi connectivity index (χ3n) is 2.52. The molecule has 1 unspecified atom stereocenters. The average molecular weight is 242 g/mol. The SMILES string of the molecule is Cc1ccc(C(N)C(=O)Nc2ncccn2)cc1. The first-order valence-corrected chi connectivity index (χ1v) is 5.57. The summed E-state index contributed by atoms with van der Waals surface area (Å²) in [5.41, 5.74) is 7.75. The summed E-state index contributed by atoms with van der Waals surface area (Å²) >= 11 is 0. The number of hydrogen-bond acceptors (Lipinski definition) is 4. The van der Waals surface area contributed by atoms with Crippen molar-refractivity contribution < 1.29 is 4.79 Å². The predicted octanol–water partition coefficient (Wildman–Crippen LogP) is 1.42. The number of amides is 1. The van der Waals surface area contributed by atoms with E-state index in [0.717, 1.165) is 11.1 Å². The number of nitrogens with zero attached hydrogens (tertiary/aromatic N) is 2. The van der Waals surface area contributed by atoms with Gasteiger partial charge in [-0.25, -0.2) is 9.97 Å². The fraction of sp³-hybridized carbons (Fsp3) is 0.154. The Kier molecular flexibility index (Phi) is 3.64. The normalized spacial score (nSPS) is 11.9. The van der Waals surface area contributed by atoms with Crippen LogP contribution in [0.5, 0.6) is 0 Å². The molecule has 0 radical (unpaired) electrons. The highest BCUT2D eigenvalue weighted by Crippen LogP contribution is 2.12. The van der Waals surface area contributed by atoms with Gasteiger partial charge >= 0.3 is 0 Å². The van der Waals surface area contributed by atoms with Crippen molar-refractivity contribution >= 4 is 11.9 Å². The number of rotatable bonds is 3. The first kappa shape index (κ1) is 12.2. The zero-order chi connectivity index (χ0) is 13.0. The molecule has 1 aromatic heterocycles. The predicted molar refractivity (Wildman–Crippen MR) is 68.8 cm³/mol. The summed E-state index contributed by atoms with van der Waals surface area (Å²) in [5.74, 6) is -0.0740. The minimum absolute atomic E-state index is 0.255. The van der Waals surface area contributed by atoms with Crippen LogP contribution < -0.4 is 11.1 Å². The van der Waals surface area contributed by atoms with Gasteiger partial charge in [-0.3, -0.25) is 10.1 Å². The Bertz CT molecular complexity index is 524. The molecule has 0 aliphatic heterocycles. The lowest BCUT2D eigenvalue weighted by Gasteiger charge is -2.11. The van der Waals surface area contributed by atoms with Gasteiger partial charge in [0.25, 0.3) is 0 Å². The van der Waals surface area contributed by atoms with Crippen LogP contribution in [0, 0.1) is 6.92 Å². The van der Waals surface area contributed by atoms with Gasteiger partial charge in [0.15, 0.2) is 0 Å². The molecule has 2 aromatic rings. The number of carbonyl (C=O) groups excluding carboxylic acids is 1. The van der Waals surface area contributed by atoms with Crippen molar-refractivity contribution in [2.45, 2.75) is 13.0 Å². The number of nitrogens with two attached hydrogens (primary N) is 1. The maximum absolute atomic E-state index is 11.9. The number of hydrogen-bond donors (Lipinski definition) is 2. The molecule has 0 fully saturated rings. The van der Waals surface area contributed by atoms with E-state index in [1.807, 2.05) is 31.2 Å². The quantitative estimate of drug-likeness (QED) is 0.853. The molecule has 18 heavy (non-hydrogen) atoms. The lowest BCUT2D eigenvalue weighted by Crippen LogP contribution is -2.28. The molecule has 3 N–H and O–H groups in total. The smallest absolute Gasteiger partial charge is 0.248 e. The molecule has 1 heterocycles. The molecular weight excluding hydrogens is 228 g/mol. The van der Waals surface area contributed by atoms with E-state index in [1.54, 1.807) is 18.5 Å². The van der Waals surface area contributed by atoms with E-state index in [0.29, 0.717) is 0 Å². The van der Waals surface area contributed by atoms with Crippen molar-refractivity contribution in [1.29, 1.82) is 0 Å². The maximum atomic E-state index is 11.9. The fourth-order valence-corrected chi connectivity index (χ4v) is 1.48. The van der Waals surface area contributed by atoms with E-state index in [-0.39, 0.29) is 11.9 Å². The fourth-order valence-electron chi connectivity index (χ4n) is 1.48. The minimum atomic E-state index is -0.727. The van der Waals surface area contributed by atoms with Crippen molar-refractivity contribution in [1.82, 2.24) is 9.97 Å². The van der Waals surface area contributed by atoms with Gasteiger partial charge in [0.2, 0.25) is 11.9 Å². The standard InChI is InChI=1S/C13H14N4O/c1-9-3-5-10(6-4-9)11(14)12(18)17-13-15-7-2-8-16-13/h2-8,11H,14H2,1H3,(H,15,16,17,18). The van der Waals surface area contributed by atoms with E-state index in [9.17, 15) is 4.79 Å². The lowest BCUT2D eigenvalue weighted by atomic mass is 10.1. The Labute approximate surface area is 105 Å². The molecule has 0 saturated heterocycles. The molecule has 0 aliphatic carbocycles. The Morgan fingerprint density at radius 1 is 1.22 bits per heavy atom. The van der Waals surface area contributed by atoms with E-state index in [1.165, 1.54) is 0 Å². The van der Waals surface area contributed by atoms with Crippen LogP contribution in [-0.2, 0) is 4.79 Å². The van der Waals surface area contributed by atoms with Gasteiger partial charge in [0.05, 0.1) is 0 Å². The van der Waals surface area contributed by atoms with Gasteiger partial charge in [-0.2, -0.15) is 0 Å². The lowest BCUT2D eigenvalue weighted by molar-refractivity contribution is -0.117. The van der Waals surface area contributed by atoms with E-state index in [4.69, 9.17) is 5.73 Å². The molecule has 0 bridgehead atoms. The maximum Gasteiger partial charge on any atom is 0.248 e.